The monoisotopic (exact) mass is 573 g/mol. The number of likely N-dealkylation sites (N-methyl/N-ethyl adjacent to an activating group) is 1. The highest BCUT2D eigenvalue weighted by Crippen LogP contribution is 2.35. The normalized spacial score (nSPS) is 18.9. The van der Waals surface area contributed by atoms with Gasteiger partial charge in [-0.3, -0.25) is 0 Å². The minimum atomic E-state index is 0. The molecular formula is C25H44IN5O2. The van der Waals surface area contributed by atoms with Crippen LogP contribution in [0.15, 0.2) is 17.1 Å². The molecule has 1 saturated heterocycles. The van der Waals surface area contributed by atoms with Crippen LogP contribution >= 0.6 is 24.0 Å². The standard InChI is InChI=1S/C25H43N5O2.HI/c1-5-26-25(27-10-8-9-11-30-14-12-29(6-2)13-15-30)28-19-22-18-24-21(16-20(4)32-24)17-23(22)31-7-3;/h17-18,20H,5-16,19H2,1-4H3,(H2,26,27,28);1H. The molecule has 2 aliphatic heterocycles. The van der Waals surface area contributed by atoms with Gasteiger partial charge in [-0.25, -0.2) is 4.99 Å². The number of fused-ring (bicyclic) bond motifs is 1. The first-order valence-corrected chi connectivity index (χ1v) is 12.5. The van der Waals surface area contributed by atoms with Crippen LogP contribution in [-0.4, -0.2) is 80.8 Å². The third-order valence-electron chi connectivity index (χ3n) is 6.24. The number of aliphatic imine (C=N–C) groups is 1. The molecule has 2 aliphatic rings. The smallest absolute Gasteiger partial charge is 0.191 e. The molecule has 188 valence electrons. The first kappa shape index (κ1) is 28.0. The molecule has 7 nitrogen and oxygen atoms in total. The van der Waals surface area contributed by atoms with Crippen molar-refractivity contribution in [1.82, 2.24) is 20.4 Å². The lowest BCUT2D eigenvalue weighted by molar-refractivity contribution is 0.136. The molecule has 1 aromatic rings. The van der Waals surface area contributed by atoms with Crippen molar-refractivity contribution in [2.24, 2.45) is 4.99 Å². The highest BCUT2D eigenvalue weighted by atomic mass is 127. The van der Waals surface area contributed by atoms with Crippen molar-refractivity contribution < 1.29 is 9.47 Å². The second kappa shape index (κ2) is 14.9. The van der Waals surface area contributed by atoms with Crippen LogP contribution in [0.3, 0.4) is 0 Å². The number of benzene rings is 1. The number of hydrogen-bond acceptors (Lipinski definition) is 5. The van der Waals surface area contributed by atoms with E-state index in [1.165, 1.54) is 51.3 Å². The van der Waals surface area contributed by atoms with E-state index in [-0.39, 0.29) is 30.1 Å². The van der Waals surface area contributed by atoms with Crippen LogP contribution in [0.2, 0.25) is 0 Å². The maximum Gasteiger partial charge on any atom is 0.191 e. The Labute approximate surface area is 217 Å². The van der Waals surface area contributed by atoms with Crippen molar-refractivity contribution in [2.45, 2.75) is 59.6 Å². The first-order chi connectivity index (χ1) is 15.6. The predicted octanol–water partition coefficient (Wildman–Crippen LogP) is 3.50. The van der Waals surface area contributed by atoms with E-state index >= 15 is 0 Å². The Morgan fingerprint density at radius 2 is 1.85 bits per heavy atom. The van der Waals surface area contributed by atoms with Crippen molar-refractivity contribution >= 4 is 29.9 Å². The first-order valence-electron chi connectivity index (χ1n) is 12.5. The van der Waals surface area contributed by atoms with E-state index in [1.807, 2.05) is 6.92 Å². The summed E-state index contributed by atoms with van der Waals surface area (Å²) in [5, 5.41) is 6.86. The van der Waals surface area contributed by atoms with Crippen molar-refractivity contribution in [1.29, 1.82) is 0 Å². The molecule has 33 heavy (non-hydrogen) atoms. The van der Waals surface area contributed by atoms with E-state index in [9.17, 15) is 0 Å². The van der Waals surface area contributed by atoms with Gasteiger partial charge >= 0.3 is 0 Å². The second-order valence-corrected chi connectivity index (χ2v) is 8.74. The summed E-state index contributed by atoms with van der Waals surface area (Å²) in [5.41, 5.74) is 2.30. The quantitative estimate of drug-likeness (QED) is 0.183. The van der Waals surface area contributed by atoms with Crippen molar-refractivity contribution in [3.05, 3.63) is 23.3 Å². The number of rotatable bonds is 11. The molecule has 0 aliphatic carbocycles. The molecule has 0 bridgehead atoms. The highest BCUT2D eigenvalue weighted by molar-refractivity contribution is 14.0. The minimum absolute atomic E-state index is 0. The molecule has 3 rings (SSSR count). The van der Waals surface area contributed by atoms with Crippen LogP contribution in [0, 0.1) is 0 Å². The molecule has 0 spiro atoms. The lowest BCUT2D eigenvalue weighted by atomic mass is 10.1. The van der Waals surface area contributed by atoms with Crippen molar-refractivity contribution in [3.8, 4) is 11.5 Å². The Bertz CT molecular complexity index is 738. The van der Waals surface area contributed by atoms with Crippen LogP contribution < -0.4 is 20.1 Å². The lowest BCUT2D eigenvalue weighted by Gasteiger charge is -2.34. The highest BCUT2D eigenvalue weighted by Gasteiger charge is 2.22. The summed E-state index contributed by atoms with van der Waals surface area (Å²) in [6, 6.07) is 4.24. The largest absolute Gasteiger partial charge is 0.494 e. The molecule has 1 unspecified atom stereocenters. The Balaban J connectivity index is 0.00000385. The Kier molecular flexibility index (Phi) is 12.6. The Morgan fingerprint density at radius 1 is 1.09 bits per heavy atom. The maximum absolute atomic E-state index is 5.95. The van der Waals surface area contributed by atoms with E-state index in [1.54, 1.807) is 0 Å². The zero-order valence-corrected chi connectivity index (χ0v) is 23.3. The SMILES string of the molecule is CCNC(=NCc1cc2c(cc1OCC)CC(C)O2)NCCCCN1CCN(CC)CC1.I. The van der Waals surface area contributed by atoms with Gasteiger partial charge in [0.1, 0.15) is 17.6 Å². The Morgan fingerprint density at radius 3 is 2.55 bits per heavy atom. The maximum atomic E-state index is 5.95. The third-order valence-corrected chi connectivity index (χ3v) is 6.24. The minimum Gasteiger partial charge on any atom is -0.494 e. The third kappa shape index (κ3) is 8.79. The molecule has 0 aromatic heterocycles. The van der Waals surface area contributed by atoms with Gasteiger partial charge in [-0.1, -0.05) is 6.92 Å². The van der Waals surface area contributed by atoms with Crippen molar-refractivity contribution in [2.75, 3.05) is 59.0 Å². The molecule has 2 N–H and O–H groups in total. The van der Waals surface area contributed by atoms with Crippen LogP contribution in [-0.2, 0) is 13.0 Å². The average molecular weight is 574 g/mol. The summed E-state index contributed by atoms with van der Waals surface area (Å²) in [6.45, 7) is 18.7. The van der Waals surface area contributed by atoms with E-state index < -0.39 is 0 Å². The topological polar surface area (TPSA) is 61.4 Å². The van der Waals surface area contributed by atoms with Gasteiger partial charge in [0.25, 0.3) is 0 Å². The molecule has 0 saturated carbocycles. The van der Waals surface area contributed by atoms with Gasteiger partial charge in [0.15, 0.2) is 5.96 Å². The second-order valence-electron chi connectivity index (χ2n) is 8.74. The number of guanidine groups is 1. The fourth-order valence-electron chi connectivity index (χ4n) is 4.40. The van der Waals surface area contributed by atoms with E-state index in [0.29, 0.717) is 13.2 Å². The van der Waals surface area contributed by atoms with Gasteiger partial charge in [0.05, 0.1) is 13.2 Å². The number of ether oxygens (including phenoxy) is 2. The molecule has 0 amide bonds. The predicted molar refractivity (Wildman–Crippen MR) is 147 cm³/mol. The molecule has 8 heteroatoms. The van der Waals surface area contributed by atoms with Gasteiger partial charge < -0.3 is 29.9 Å². The van der Waals surface area contributed by atoms with E-state index in [2.05, 4.69) is 53.3 Å². The fraction of sp³-hybridized carbons (Fsp3) is 0.720. The van der Waals surface area contributed by atoms with Crippen LogP contribution in [0.25, 0.3) is 0 Å². The van der Waals surface area contributed by atoms with Crippen molar-refractivity contribution in [3.63, 3.8) is 0 Å². The number of piperazine rings is 1. The number of nitrogens with zero attached hydrogens (tertiary/aromatic N) is 3. The average Bonchev–Trinajstić information content (AvgIpc) is 3.16. The molecule has 1 atom stereocenters. The number of nitrogens with one attached hydrogen (secondary N) is 2. The summed E-state index contributed by atoms with van der Waals surface area (Å²) in [7, 11) is 0. The Hall–Kier alpha value is -1.26. The van der Waals surface area contributed by atoms with Gasteiger partial charge in [-0.05, 0) is 58.8 Å². The van der Waals surface area contributed by atoms with E-state index in [4.69, 9.17) is 14.5 Å². The van der Waals surface area contributed by atoms with Gasteiger partial charge in [-0.2, -0.15) is 0 Å². The number of unbranched alkanes of at least 4 members (excludes halogenated alkanes) is 1. The number of halogens is 1. The number of hydrogen-bond donors (Lipinski definition) is 2. The fourth-order valence-corrected chi connectivity index (χ4v) is 4.40. The summed E-state index contributed by atoms with van der Waals surface area (Å²) in [4.78, 5) is 9.94. The lowest BCUT2D eigenvalue weighted by Crippen LogP contribution is -2.46. The van der Waals surface area contributed by atoms with Gasteiger partial charge in [0, 0.05) is 56.8 Å². The summed E-state index contributed by atoms with van der Waals surface area (Å²) >= 11 is 0. The molecule has 0 radical (unpaired) electrons. The molecular weight excluding hydrogens is 529 g/mol. The van der Waals surface area contributed by atoms with Crippen LogP contribution in [0.1, 0.15) is 51.7 Å². The zero-order chi connectivity index (χ0) is 22.8. The molecule has 2 heterocycles. The van der Waals surface area contributed by atoms with Crippen LogP contribution in [0.4, 0.5) is 0 Å². The summed E-state index contributed by atoms with van der Waals surface area (Å²) in [5.74, 6) is 2.76. The molecule has 1 fully saturated rings. The summed E-state index contributed by atoms with van der Waals surface area (Å²) < 4.78 is 11.8. The van der Waals surface area contributed by atoms with Crippen LogP contribution in [0.5, 0.6) is 11.5 Å². The molecule has 1 aromatic carbocycles. The van der Waals surface area contributed by atoms with Gasteiger partial charge in [0.2, 0.25) is 0 Å². The summed E-state index contributed by atoms with van der Waals surface area (Å²) in [6.07, 6.45) is 3.53. The van der Waals surface area contributed by atoms with Gasteiger partial charge in [-0.15, -0.1) is 24.0 Å². The zero-order valence-electron chi connectivity index (χ0n) is 21.0. The van der Waals surface area contributed by atoms with E-state index in [0.717, 1.165) is 49.0 Å².